The zero-order valence-corrected chi connectivity index (χ0v) is 12.1. The number of nitrogens with zero attached hydrogens (tertiary/aromatic N) is 1. The first kappa shape index (κ1) is 15.4. The van der Waals surface area contributed by atoms with E-state index in [1.165, 1.54) is 12.1 Å². The van der Waals surface area contributed by atoms with E-state index in [2.05, 4.69) is 11.8 Å². The van der Waals surface area contributed by atoms with Gasteiger partial charge in [-0.15, -0.1) is 0 Å². The van der Waals surface area contributed by atoms with Crippen LogP contribution in [0.5, 0.6) is 0 Å². The normalized spacial score (nSPS) is 19.8. The van der Waals surface area contributed by atoms with Gasteiger partial charge in [0.2, 0.25) is 0 Å². The second-order valence-corrected chi connectivity index (χ2v) is 5.49. The third kappa shape index (κ3) is 4.01. The van der Waals surface area contributed by atoms with E-state index in [0.29, 0.717) is 12.8 Å². The van der Waals surface area contributed by atoms with Gasteiger partial charge in [-0.3, -0.25) is 4.90 Å². The van der Waals surface area contributed by atoms with Gasteiger partial charge in [-0.25, -0.2) is 4.39 Å². The summed E-state index contributed by atoms with van der Waals surface area (Å²) in [5, 5.41) is 10.9. The number of rotatable bonds is 6. The van der Waals surface area contributed by atoms with E-state index in [9.17, 15) is 9.50 Å². The molecule has 0 aliphatic carbocycles. The molecule has 1 heterocycles. The lowest BCUT2D eigenvalue weighted by molar-refractivity contribution is -0.0103. The van der Waals surface area contributed by atoms with Crippen LogP contribution in [-0.4, -0.2) is 42.9 Å². The molecule has 1 N–H and O–H groups in total. The van der Waals surface area contributed by atoms with E-state index in [-0.39, 0.29) is 5.82 Å². The number of ether oxygens (including phenoxy) is 1. The Labute approximate surface area is 120 Å². The number of hydrogen-bond donors (Lipinski definition) is 1. The van der Waals surface area contributed by atoms with Crippen LogP contribution >= 0.6 is 0 Å². The van der Waals surface area contributed by atoms with Crippen LogP contribution in [0.2, 0.25) is 0 Å². The van der Waals surface area contributed by atoms with Crippen LogP contribution in [-0.2, 0) is 10.3 Å². The van der Waals surface area contributed by atoms with Crippen molar-refractivity contribution in [3.63, 3.8) is 0 Å². The van der Waals surface area contributed by atoms with Gasteiger partial charge in [0.05, 0.1) is 18.8 Å². The fourth-order valence-corrected chi connectivity index (χ4v) is 2.76. The van der Waals surface area contributed by atoms with Crippen molar-refractivity contribution in [2.45, 2.75) is 31.8 Å². The molecule has 0 spiro atoms. The molecule has 1 unspecified atom stereocenters. The quantitative estimate of drug-likeness (QED) is 0.870. The number of halogens is 1. The summed E-state index contributed by atoms with van der Waals surface area (Å²) < 4.78 is 18.4. The van der Waals surface area contributed by atoms with Crippen molar-refractivity contribution >= 4 is 0 Å². The Morgan fingerprint density at radius 3 is 2.45 bits per heavy atom. The Bertz CT molecular complexity index is 403. The molecule has 1 fully saturated rings. The van der Waals surface area contributed by atoms with Gasteiger partial charge in [0.1, 0.15) is 5.82 Å². The number of hydrogen-bond acceptors (Lipinski definition) is 3. The third-order valence-electron chi connectivity index (χ3n) is 3.99. The summed E-state index contributed by atoms with van der Waals surface area (Å²) in [4.78, 5) is 2.31. The molecule has 1 aromatic carbocycles. The molecule has 3 nitrogen and oxygen atoms in total. The van der Waals surface area contributed by atoms with Gasteiger partial charge in [-0.1, -0.05) is 25.5 Å². The maximum atomic E-state index is 13.0. The van der Waals surface area contributed by atoms with Gasteiger partial charge in [0.15, 0.2) is 0 Å². The van der Waals surface area contributed by atoms with Crippen LogP contribution in [0.25, 0.3) is 0 Å². The summed E-state index contributed by atoms with van der Waals surface area (Å²) in [5.74, 6) is -0.263. The van der Waals surface area contributed by atoms with E-state index in [4.69, 9.17) is 4.74 Å². The molecule has 2 rings (SSSR count). The molecule has 112 valence electrons. The fraction of sp³-hybridized carbons (Fsp3) is 0.625. The third-order valence-corrected chi connectivity index (χ3v) is 3.99. The molecule has 0 aromatic heterocycles. The second-order valence-electron chi connectivity index (χ2n) is 5.49. The molecule has 0 radical (unpaired) electrons. The van der Waals surface area contributed by atoms with Crippen LogP contribution in [0, 0.1) is 5.82 Å². The van der Waals surface area contributed by atoms with E-state index < -0.39 is 5.60 Å². The van der Waals surface area contributed by atoms with Crippen molar-refractivity contribution in [3.8, 4) is 0 Å². The highest BCUT2D eigenvalue weighted by Gasteiger charge is 2.29. The predicted octanol–water partition coefficient (Wildman–Crippen LogP) is 2.54. The van der Waals surface area contributed by atoms with E-state index in [1.807, 2.05) is 0 Å². The van der Waals surface area contributed by atoms with Gasteiger partial charge in [0.25, 0.3) is 0 Å². The van der Waals surface area contributed by atoms with Gasteiger partial charge in [-0.05, 0) is 30.5 Å². The fourth-order valence-electron chi connectivity index (χ4n) is 2.76. The van der Waals surface area contributed by atoms with Crippen LogP contribution < -0.4 is 0 Å². The zero-order chi connectivity index (χ0) is 14.4. The molecular formula is C16H24FNO2. The number of aliphatic hydroxyl groups is 1. The Morgan fingerprint density at radius 2 is 1.85 bits per heavy atom. The van der Waals surface area contributed by atoms with Crippen LogP contribution in [0.1, 0.15) is 31.7 Å². The summed E-state index contributed by atoms with van der Waals surface area (Å²) in [7, 11) is 0. The molecule has 1 saturated heterocycles. The minimum absolute atomic E-state index is 0.263. The van der Waals surface area contributed by atoms with Gasteiger partial charge in [0, 0.05) is 19.6 Å². The Hall–Kier alpha value is -0.970. The van der Waals surface area contributed by atoms with Crippen molar-refractivity contribution in [1.29, 1.82) is 0 Å². The van der Waals surface area contributed by atoms with Gasteiger partial charge >= 0.3 is 0 Å². The standard InChI is InChI=1S/C16H24FNO2/c1-2-7-16(19,14-3-5-15(17)6-4-14)8-9-18-10-12-20-13-11-18/h3-6,19H,2,7-13H2,1H3. The van der Waals surface area contributed by atoms with Crippen LogP contribution in [0.4, 0.5) is 4.39 Å². The molecule has 0 bridgehead atoms. The first-order valence-electron chi connectivity index (χ1n) is 7.42. The Balaban J connectivity index is 2.02. The average Bonchev–Trinajstić information content (AvgIpc) is 2.47. The van der Waals surface area contributed by atoms with Gasteiger partial charge in [-0.2, -0.15) is 0 Å². The molecule has 1 atom stereocenters. The first-order chi connectivity index (χ1) is 9.64. The van der Waals surface area contributed by atoms with E-state index in [0.717, 1.165) is 44.8 Å². The zero-order valence-electron chi connectivity index (χ0n) is 12.1. The summed E-state index contributed by atoms with van der Waals surface area (Å²) in [5.41, 5.74) is -0.0465. The first-order valence-corrected chi connectivity index (χ1v) is 7.42. The maximum Gasteiger partial charge on any atom is 0.123 e. The molecule has 0 saturated carbocycles. The lowest BCUT2D eigenvalue weighted by Crippen LogP contribution is -2.40. The molecule has 1 aromatic rings. The highest BCUT2D eigenvalue weighted by atomic mass is 19.1. The molecule has 20 heavy (non-hydrogen) atoms. The summed E-state index contributed by atoms with van der Waals surface area (Å²) in [6.45, 7) is 6.28. The second kappa shape index (κ2) is 7.16. The smallest absolute Gasteiger partial charge is 0.123 e. The van der Waals surface area contributed by atoms with E-state index in [1.54, 1.807) is 12.1 Å². The SMILES string of the molecule is CCCC(O)(CCN1CCOCC1)c1ccc(F)cc1. The number of benzene rings is 1. The van der Waals surface area contributed by atoms with Crippen LogP contribution in [0.3, 0.4) is 0 Å². The van der Waals surface area contributed by atoms with Crippen molar-refractivity contribution < 1.29 is 14.2 Å². The molecule has 4 heteroatoms. The van der Waals surface area contributed by atoms with Crippen molar-refractivity contribution in [3.05, 3.63) is 35.6 Å². The topological polar surface area (TPSA) is 32.7 Å². The van der Waals surface area contributed by atoms with Crippen molar-refractivity contribution in [1.82, 2.24) is 4.90 Å². The molecular weight excluding hydrogens is 257 g/mol. The lowest BCUT2D eigenvalue weighted by atomic mass is 9.86. The lowest BCUT2D eigenvalue weighted by Gasteiger charge is -2.33. The highest BCUT2D eigenvalue weighted by Crippen LogP contribution is 2.30. The Morgan fingerprint density at radius 1 is 1.20 bits per heavy atom. The average molecular weight is 281 g/mol. The van der Waals surface area contributed by atoms with Crippen molar-refractivity contribution in [2.24, 2.45) is 0 Å². The Kier molecular flexibility index (Phi) is 5.52. The highest BCUT2D eigenvalue weighted by molar-refractivity contribution is 5.23. The monoisotopic (exact) mass is 281 g/mol. The van der Waals surface area contributed by atoms with Crippen LogP contribution in [0.15, 0.2) is 24.3 Å². The van der Waals surface area contributed by atoms with Gasteiger partial charge < -0.3 is 9.84 Å². The molecule has 1 aliphatic heterocycles. The molecule has 0 amide bonds. The minimum atomic E-state index is -0.860. The summed E-state index contributed by atoms with van der Waals surface area (Å²) in [6.07, 6.45) is 2.27. The van der Waals surface area contributed by atoms with E-state index >= 15 is 0 Å². The summed E-state index contributed by atoms with van der Waals surface area (Å²) >= 11 is 0. The predicted molar refractivity (Wildman–Crippen MR) is 77.1 cm³/mol. The largest absolute Gasteiger partial charge is 0.385 e. The number of morpholine rings is 1. The molecule has 1 aliphatic rings. The minimum Gasteiger partial charge on any atom is -0.385 e. The summed E-state index contributed by atoms with van der Waals surface area (Å²) in [6, 6.07) is 6.24. The maximum absolute atomic E-state index is 13.0. The van der Waals surface area contributed by atoms with Crippen molar-refractivity contribution in [2.75, 3.05) is 32.8 Å².